The monoisotopic (exact) mass is 525 g/mol. The molecule has 186 valence electrons. The van der Waals surface area contributed by atoms with Gasteiger partial charge in [0.25, 0.3) is 0 Å². The number of imidazole rings is 1. The highest BCUT2D eigenvalue weighted by Crippen LogP contribution is 2.34. The zero-order chi connectivity index (χ0) is 26.0. The number of fused-ring (bicyclic) bond motifs is 1. The highest BCUT2D eigenvalue weighted by Gasteiger charge is 2.31. The predicted molar refractivity (Wildman–Crippen MR) is 130 cm³/mol. The summed E-state index contributed by atoms with van der Waals surface area (Å²) < 4.78 is 46.1. The number of nitrogens with one attached hydrogen (secondary N) is 2. The molecule has 3 heterocycles. The number of alkyl halides is 3. The first kappa shape index (κ1) is 24.0. The Kier molecular flexibility index (Phi) is 6.32. The van der Waals surface area contributed by atoms with Crippen LogP contribution >= 0.6 is 11.6 Å². The van der Waals surface area contributed by atoms with Crippen LogP contribution in [0.15, 0.2) is 79.4 Å². The Morgan fingerprint density at radius 3 is 2.43 bits per heavy atom. The molecule has 0 bridgehead atoms. The largest absolute Gasteiger partial charge is 0.424 e. The van der Waals surface area contributed by atoms with Crippen LogP contribution in [0.1, 0.15) is 5.56 Å². The lowest BCUT2D eigenvalue weighted by molar-refractivity contribution is -0.137. The van der Waals surface area contributed by atoms with E-state index in [0.717, 1.165) is 35.1 Å². The Morgan fingerprint density at radius 2 is 1.70 bits per heavy atom. The van der Waals surface area contributed by atoms with Gasteiger partial charge in [-0.15, -0.1) is 0 Å². The average molecular weight is 526 g/mol. The molecule has 13 heteroatoms. The third-order valence-electron chi connectivity index (χ3n) is 5.06. The second kappa shape index (κ2) is 9.74. The van der Waals surface area contributed by atoms with Crippen molar-refractivity contribution >= 4 is 34.7 Å². The van der Waals surface area contributed by atoms with E-state index in [1.165, 1.54) is 12.4 Å². The Morgan fingerprint density at radius 1 is 0.946 bits per heavy atom. The van der Waals surface area contributed by atoms with Crippen LogP contribution < -0.4 is 15.4 Å². The van der Waals surface area contributed by atoms with Crippen LogP contribution in [0.2, 0.25) is 5.02 Å². The van der Waals surface area contributed by atoms with Gasteiger partial charge in [-0.25, -0.2) is 24.3 Å². The van der Waals surface area contributed by atoms with Gasteiger partial charge in [0.15, 0.2) is 5.65 Å². The van der Waals surface area contributed by atoms with Crippen molar-refractivity contribution in [3.05, 3.63) is 90.0 Å². The van der Waals surface area contributed by atoms with E-state index in [1.54, 1.807) is 29.0 Å². The van der Waals surface area contributed by atoms with Crippen LogP contribution in [0.3, 0.4) is 0 Å². The maximum Gasteiger partial charge on any atom is 0.416 e. The molecule has 0 saturated heterocycles. The molecule has 0 aliphatic rings. The number of rotatable bonds is 5. The van der Waals surface area contributed by atoms with E-state index in [0.29, 0.717) is 5.75 Å². The van der Waals surface area contributed by atoms with Crippen molar-refractivity contribution in [3.8, 4) is 23.0 Å². The van der Waals surface area contributed by atoms with E-state index in [4.69, 9.17) is 16.3 Å². The van der Waals surface area contributed by atoms with Crippen LogP contribution in [0.5, 0.6) is 11.8 Å². The fourth-order valence-corrected chi connectivity index (χ4v) is 3.51. The Labute approximate surface area is 211 Å². The zero-order valence-corrected chi connectivity index (χ0v) is 19.3. The number of nitrogens with zero attached hydrogens (tertiary/aromatic N) is 5. The molecule has 0 atom stereocenters. The van der Waals surface area contributed by atoms with Crippen molar-refractivity contribution in [3.63, 3.8) is 0 Å². The topological polar surface area (TPSA) is 106 Å². The van der Waals surface area contributed by atoms with E-state index in [-0.39, 0.29) is 22.4 Å². The molecular formula is C24H15ClF3N7O2. The van der Waals surface area contributed by atoms with E-state index in [9.17, 15) is 18.0 Å². The minimum atomic E-state index is -4.58. The molecule has 5 aromatic rings. The van der Waals surface area contributed by atoms with Crippen LogP contribution in [0, 0.1) is 0 Å². The standard InChI is InChI=1S/C24H15ClF3N7O2/c25-18-8-5-15(24(26,27)28)10-19(18)34-22(36)33-16-11-30-23(31-12-16)37-17-6-3-14(4-7-17)20-13-29-21-2-1-9-32-35(20)21/h1-13H,(H2,33,34,36). The van der Waals surface area contributed by atoms with Crippen LogP contribution in [-0.2, 0) is 6.18 Å². The van der Waals surface area contributed by atoms with Crippen molar-refractivity contribution in [2.75, 3.05) is 10.6 Å². The number of hydrogen-bond acceptors (Lipinski definition) is 6. The zero-order valence-electron chi connectivity index (χ0n) is 18.6. The summed E-state index contributed by atoms with van der Waals surface area (Å²) in [5.74, 6) is 0.475. The summed E-state index contributed by atoms with van der Waals surface area (Å²) in [4.78, 5) is 24.6. The van der Waals surface area contributed by atoms with Gasteiger partial charge in [-0.1, -0.05) is 11.6 Å². The maximum absolute atomic E-state index is 12.9. The molecule has 0 radical (unpaired) electrons. The summed E-state index contributed by atoms with van der Waals surface area (Å²) in [7, 11) is 0. The van der Waals surface area contributed by atoms with Crippen LogP contribution in [-0.4, -0.2) is 30.6 Å². The molecular weight excluding hydrogens is 511 g/mol. The van der Waals surface area contributed by atoms with Gasteiger partial charge in [0.05, 0.1) is 46.2 Å². The lowest BCUT2D eigenvalue weighted by atomic mass is 10.1. The molecule has 37 heavy (non-hydrogen) atoms. The van der Waals surface area contributed by atoms with Gasteiger partial charge in [0.1, 0.15) is 5.75 Å². The number of hydrogen-bond donors (Lipinski definition) is 2. The number of amides is 2. The minimum Gasteiger partial charge on any atom is -0.424 e. The van der Waals surface area contributed by atoms with Gasteiger partial charge in [-0.05, 0) is 54.6 Å². The van der Waals surface area contributed by atoms with Gasteiger partial charge in [0, 0.05) is 11.8 Å². The summed E-state index contributed by atoms with van der Waals surface area (Å²) in [6.45, 7) is 0. The lowest BCUT2D eigenvalue weighted by Crippen LogP contribution is -2.20. The number of carbonyl (C=O) groups excluding carboxylic acids is 1. The highest BCUT2D eigenvalue weighted by molar-refractivity contribution is 6.33. The highest BCUT2D eigenvalue weighted by atomic mass is 35.5. The van der Waals surface area contributed by atoms with Crippen LogP contribution in [0.25, 0.3) is 16.9 Å². The van der Waals surface area contributed by atoms with Gasteiger partial charge in [0.2, 0.25) is 0 Å². The van der Waals surface area contributed by atoms with Crippen molar-refractivity contribution in [2.45, 2.75) is 6.18 Å². The SMILES string of the molecule is O=C(Nc1cnc(Oc2ccc(-c3cnc4cccnn34)cc2)nc1)Nc1cc(C(F)(F)F)ccc1Cl. The number of anilines is 2. The predicted octanol–water partition coefficient (Wildman–Crippen LogP) is 6.29. The molecule has 5 rings (SSSR count). The van der Waals surface area contributed by atoms with Gasteiger partial charge in [-0.3, -0.25) is 0 Å². The van der Waals surface area contributed by atoms with E-state index in [1.807, 2.05) is 24.3 Å². The van der Waals surface area contributed by atoms with Gasteiger partial charge < -0.3 is 15.4 Å². The third-order valence-corrected chi connectivity index (χ3v) is 5.39. The van der Waals surface area contributed by atoms with Crippen molar-refractivity contribution in [1.82, 2.24) is 24.6 Å². The maximum atomic E-state index is 12.9. The molecule has 2 amide bonds. The molecule has 2 aromatic carbocycles. The quantitative estimate of drug-likeness (QED) is 0.279. The van der Waals surface area contributed by atoms with Crippen molar-refractivity contribution in [1.29, 1.82) is 0 Å². The smallest absolute Gasteiger partial charge is 0.416 e. The molecule has 0 fully saturated rings. The molecule has 0 aliphatic heterocycles. The average Bonchev–Trinajstić information content (AvgIpc) is 3.31. The van der Waals surface area contributed by atoms with Gasteiger partial charge in [-0.2, -0.15) is 18.3 Å². The molecule has 0 unspecified atom stereocenters. The first-order chi connectivity index (χ1) is 17.8. The number of benzene rings is 2. The second-order valence-electron chi connectivity index (χ2n) is 7.59. The number of urea groups is 1. The Hall–Kier alpha value is -4.71. The third kappa shape index (κ3) is 5.43. The minimum absolute atomic E-state index is 0.0242. The summed E-state index contributed by atoms with van der Waals surface area (Å²) in [5, 5.41) is 8.94. The number of ether oxygens (including phenoxy) is 1. The normalized spacial score (nSPS) is 11.4. The molecule has 2 N–H and O–H groups in total. The number of halogens is 4. The fourth-order valence-electron chi connectivity index (χ4n) is 3.34. The number of aromatic nitrogens is 5. The summed E-state index contributed by atoms with van der Waals surface area (Å²) >= 11 is 5.90. The Balaban J connectivity index is 1.21. The number of carbonyl (C=O) groups is 1. The van der Waals surface area contributed by atoms with Crippen molar-refractivity contribution < 1.29 is 22.7 Å². The fraction of sp³-hybridized carbons (Fsp3) is 0.0417. The van der Waals surface area contributed by atoms with Crippen LogP contribution in [0.4, 0.5) is 29.3 Å². The molecule has 0 saturated carbocycles. The molecule has 9 nitrogen and oxygen atoms in total. The summed E-state index contributed by atoms with van der Waals surface area (Å²) in [6.07, 6.45) is 1.40. The summed E-state index contributed by atoms with van der Waals surface area (Å²) in [5.41, 5.74) is 1.47. The Bertz CT molecular complexity index is 1570. The second-order valence-corrected chi connectivity index (χ2v) is 8.00. The molecule has 0 aliphatic carbocycles. The van der Waals surface area contributed by atoms with E-state index < -0.39 is 17.8 Å². The van der Waals surface area contributed by atoms with E-state index >= 15 is 0 Å². The first-order valence-corrected chi connectivity index (χ1v) is 11.0. The van der Waals surface area contributed by atoms with E-state index in [2.05, 4.69) is 30.7 Å². The molecule has 3 aromatic heterocycles. The molecule has 0 spiro atoms. The summed E-state index contributed by atoms with van der Waals surface area (Å²) in [6, 6.07) is 12.6. The first-order valence-electron chi connectivity index (χ1n) is 10.6. The van der Waals surface area contributed by atoms with Gasteiger partial charge >= 0.3 is 18.2 Å². The lowest BCUT2D eigenvalue weighted by Gasteiger charge is -2.12. The van der Waals surface area contributed by atoms with Crippen molar-refractivity contribution in [2.24, 2.45) is 0 Å².